The minimum Gasteiger partial charge on any atom is -0.355 e. The second-order valence-electron chi connectivity index (χ2n) is 5.36. The Balaban J connectivity index is 0.00000147. The molecule has 2 aliphatic heterocycles. The predicted octanol–water partition coefficient (Wildman–Crippen LogP) is 2.24. The van der Waals surface area contributed by atoms with E-state index < -0.39 is 0 Å². The maximum atomic E-state index is 12.1. The van der Waals surface area contributed by atoms with Crippen LogP contribution in [0.4, 0.5) is 0 Å². The Morgan fingerprint density at radius 3 is 3.00 bits per heavy atom. The van der Waals surface area contributed by atoms with Gasteiger partial charge in [0.15, 0.2) is 0 Å². The van der Waals surface area contributed by atoms with Gasteiger partial charge in [0.05, 0.1) is 5.25 Å². The summed E-state index contributed by atoms with van der Waals surface area (Å²) in [5, 5.41) is 6.53. The summed E-state index contributed by atoms with van der Waals surface area (Å²) in [6.07, 6.45) is 3.22. The molecule has 3 rings (SSSR count). The summed E-state index contributed by atoms with van der Waals surface area (Å²) < 4.78 is 0. The van der Waals surface area contributed by atoms with Crippen LogP contribution in [0.2, 0.25) is 0 Å². The molecule has 0 spiro atoms. The quantitative estimate of drug-likeness (QED) is 0.896. The van der Waals surface area contributed by atoms with Crippen LogP contribution in [0.1, 0.15) is 18.4 Å². The van der Waals surface area contributed by atoms with E-state index in [1.54, 1.807) is 11.8 Å². The molecule has 110 valence electrons. The predicted molar refractivity (Wildman–Crippen MR) is 85.6 cm³/mol. The highest BCUT2D eigenvalue weighted by Crippen LogP contribution is 2.36. The van der Waals surface area contributed by atoms with Crippen LogP contribution in [0.15, 0.2) is 29.2 Å². The van der Waals surface area contributed by atoms with Gasteiger partial charge in [-0.05, 0) is 49.9 Å². The van der Waals surface area contributed by atoms with Crippen molar-refractivity contribution in [3.8, 4) is 0 Å². The Morgan fingerprint density at radius 1 is 1.40 bits per heavy atom. The van der Waals surface area contributed by atoms with E-state index in [-0.39, 0.29) is 23.6 Å². The fourth-order valence-corrected chi connectivity index (χ4v) is 4.02. The van der Waals surface area contributed by atoms with Gasteiger partial charge >= 0.3 is 0 Å². The Morgan fingerprint density at radius 2 is 2.25 bits per heavy atom. The molecule has 3 nitrogen and oxygen atoms in total. The van der Waals surface area contributed by atoms with Crippen LogP contribution in [-0.4, -0.2) is 30.8 Å². The molecule has 2 aliphatic rings. The molecule has 1 aromatic carbocycles. The van der Waals surface area contributed by atoms with Crippen LogP contribution in [0.25, 0.3) is 0 Å². The van der Waals surface area contributed by atoms with Crippen molar-refractivity contribution in [1.29, 1.82) is 0 Å². The molecule has 5 heteroatoms. The molecule has 2 N–H and O–H groups in total. The van der Waals surface area contributed by atoms with Gasteiger partial charge in [-0.3, -0.25) is 4.79 Å². The third-order valence-electron chi connectivity index (χ3n) is 3.95. The fraction of sp³-hybridized carbons (Fsp3) is 0.533. The second-order valence-corrected chi connectivity index (χ2v) is 6.60. The van der Waals surface area contributed by atoms with E-state index >= 15 is 0 Å². The fourth-order valence-electron chi connectivity index (χ4n) is 2.80. The summed E-state index contributed by atoms with van der Waals surface area (Å²) >= 11 is 1.70. The van der Waals surface area contributed by atoms with Crippen molar-refractivity contribution in [2.24, 2.45) is 5.92 Å². The van der Waals surface area contributed by atoms with Gasteiger partial charge in [0.25, 0.3) is 0 Å². The molecule has 0 saturated carbocycles. The number of hydrogen-bond acceptors (Lipinski definition) is 3. The molecule has 0 bridgehead atoms. The summed E-state index contributed by atoms with van der Waals surface area (Å²) in [5.74, 6) is 0.945. The number of rotatable bonds is 4. The first-order valence-corrected chi connectivity index (χ1v) is 7.94. The number of carbonyl (C=O) groups is 1. The number of amides is 1. The Bertz CT molecular complexity index is 438. The molecule has 0 radical (unpaired) electrons. The molecule has 1 aromatic rings. The number of nitrogens with one attached hydrogen (secondary N) is 2. The average Bonchev–Trinajstić information content (AvgIpc) is 3.07. The largest absolute Gasteiger partial charge is 0.355 e. The van der Waals surface area contributed by atoms with Crippen LogP contribution in [0, 0.1) is 5.92 Å². The van der Waals surface area contributed by atoms with Crippen LogP contribution in [-0.2, 0) is 11.2 Å². The molecule has 20 heavy (non-hydrogen) atoms. The zero-order chi connectivity index (χ0) is 13.1. The molecular weight excluding hydrogens is 292 g/mol. The Kier molecular flexibility index (Phi) is 5.75. The van der Waals surface area contributed by atoms with Gasteiger partial charge in [-0.2, -0.15) is 0 Å². The first kappa shape index (κ1) is 15.7. The van der Waals surface area contributed by atoms with E-state index in [4.69, 9.17) is 0 Å². The summed E-state index contributed by atoms with van der Waals surface area (Å²) in [4.78, 5) is 13.4. The van der Waals surface area contributed by atoms with Gasteiger partial charge in [-0.1, -0.05) is 18.2 Å². The lowest BCUT2D eigenvalue weighted by Crippen LogP contribution is -2.34. The standard InChI is InChI=1S/C15H20N2OS.ClH/c18-15(17-8-6-11-5-7-16-10-11)14-9-12-3-1-2-4-13(12)19-14;/h1-4,11,14,16H,5-10H2,(H,17,18);1H. The first-order valence-electron chi connectivity index (χ1n) is 7.06. The lowest BCUT2D eigenvalue weighted by molar-refractivity contribution is -0.120. The zero-order valence-corrected chi connectivity index (χ0v) is 13.1. The minimum absolute atomic E-state index is 0. The molecule has 1 fully saturated rings. The molecule has 0 aliphatic carbocycles. The van der Waals surface area contributed by atoms with Crippen molar-refractivity contribution < 1.29 is 4.79 Å². The maximum absolute atomic E-state index is 12.1. The molecule has 1 saturated heterocycles. The number of thioether (sulfide) groups is 1. The highest BCUT2D eigenvalue weighted by molar-refractivity contribution is 8.01. The van der Waals surface area contributed by atoms with Crippen molar-refractivity contribution in [3.05, 3.63) is 29.8 Å². The van der Waals surface area contributed by atoms with E-state index in [1.165, 1.54) is 16.9 Å². The van der Waals surface area contributed by atoms with E-state index in [1.807, 2.05) is 12.1 Å². The molecule has 2 heterocycles. The van der Waals surface area contributed by atoms with Crippen molar-refractivity contribution in [2.45, 2.75) is 29.4 Å². The summed E-state index contributed by atoms with van der Waals surface area (Å²) in [6, 6.07) is 8.32. The van der Waals surface area contributed by atoms with Crippen LogP contribution >= 0.6 is 24.2 Å². The molecule has 2 unspecified atom stereocenters. The average molecular weight is 313 g/mol. The monoisotopic (exact) mass is 312 g/mol. The number of fused-ring (bicyclic) bond motifs is 1. The van der Waals surface area contributed by atoms with Crippen LogP contribution < -0.4 is 10.6 Å². The number of halogens is 1. The summed E-state index contributed by atoms with van der Waals surface area (Å²) in [6.45, 7) is 3.06. The van der Waals surface area contributed by atoms with E-state index in [0.29, 0.717) is 0 Å². The second kappa shape index (κ2) is 7.34. The van der Waals surface area contributed by atoms with Crippen molar-refractivity contribution in [3.63, 3.8) is 0 Å². The van der Waals surface area contributed by atoms with E-state index in [0.717, 1.165) is 38.4 Å². The molecular formula is C15H21ClN2OS. The highest BCUT2D eigenvalue weighted by Gasteiger charge is 2.27. The van der Waals surface area contributed by atoms with Gasteiger partial charge in [0.1, 0.15) is 0 Å². The van der Waals surface area contributed by atoms with E-state index in [2.05, 4.69) is 22.8 Å². The Labute approximate surface area is 130 Å². The van der Waals surface area contributed by atoms with Gasteiger partial charge in [-0.25, -0.2) is 0 Å². The number of benzene rings is 1. The van der Waals surface area contributed by atoms with Gasteiger partial charge < -0.3 is 10.6 Å². The normalized spacial score (nSPS) is 24.0. The zero-order valence-electron chi connectivity index (χ0n) is 11.4. The summed E-state index contributed by atoms with van der Waals surface area (Å²) in [5.41, 5.74) is 1.31. The maximum Gasteiger partial charge on any atom is 0.233 e. The smallest absolute Gasteiger partial charge is 0.233 e. The van der Waals surface area contributed by atoms with Crippen molar-refractivity contribution >= 4 is 30.1 Å². The number of carbonyl (C=O) groups excluding carboxylic acids is 1. The minimum atomic E-state index is 0. The third kappa shape index (κ3) is 3.68. The van der Waals surface area contributed by atoms with Crippen molar-refractivity contribution in [1.82, 2.24) is 10.6 Å². The third-order valence-corrected chi connectivity index (χ3v) is 5.27. The van der Waals surface area contributed by atoms with Gasteiger partial charge in [-0.15, -0.1) is 24.2 Å². The number of hydrogen-bond donors (Lipinski definition) is 2. The lowest BCUT2D eigenvalue weighted by atomic mass is 10.1. The van der Waals surface area contributed by atoms with Crippen LogP contribution in [0.3, 0.4) is 0 Å². The molecule has 1 amide bonds. The molecule has 2 atom stereocenters. The summed E-state index contributed by atoms with van der Waals surface area (Å²) in [7, 11) is 0. The topological polar surface area (TPSA) is 41.1 Å². The van der Waals surface area contributed by atoms with E-state index in [9.17, 15) is 4.79 Å². The lowest BCUT2D eigenvalue weighted by Gasteiger charge is -2.12. The van der Waals surface area contributed by atoms with Gasteiger partial charge in [0, 0.05) is 11.4 Å². The van der Waals surface area contributed by atoms with Gasteiger partial charge in [0.2, 0.25) is 5.91 Å². The van der Waals surface area contributed by atoms with Crippen molar-refractivity contribution in [2.75, 3.05) is 19.6 Å². The van der Waals surface area contributed by atoms with Crippen LogP contribution in [0.5, 0.6) is 0 Å². The first-order chi connectivity index (χ1) is 9.33. The highest BCUT2D eigenvalue weighted by atomic mass is 35.5. The molecule has 0 aromatic heterocycles. The Hall–Kier alpha value is -0.710. The SMILES string of the molecule is Cl.O=C(NCCC1CCNC1)C1Cc2ccccc2S1.